The summed E-state index contributed by atoms with van der Waals surface area (Å²) in [5.41, 5.74) is 6.84. The lowest BCUT2D eigenvalue weighted by Gasteiger charge is -2.08. The largest absolute Gasteiger partial charge is 0.437 e. The number of anilines is 1. The van der Waals surface area contributed by atoms with Gasteiger partial charge in [0.05, 0.1) is 5.02 Å². The lowest BCUT2D eigenvalue weighted by molar-refractivity contribution is 0.464. The van der Waals surface area contributed by atoms with Crippen molar-refractivity contribution >= 4 is 29.0 Å². The summed E-state index contributed by atoms with van der Waals surface area (Å²) >= 11 is 11.8. The molecule has 0 unspecified atom stereocenters. The van der Waals surface area contributed by atoms with E-state index in [-0.39, 0.29) is 11.7 Å². The average Bonchev–Trinajstić information content (AvgIpc) is 2.37. The Morgan fingerprint density at radius 1 is 1.17 bits per heavy atom. The van der Waals surface area contributed by atoms with E-state index in [2.05, 4.69) is 11.9 Å². The van der Waals surface area contributed by atoms with Crippen LogP contribution in [0, 0.1) is 0 Å². The van der Waals surface area contributed by atoms with Crippen LogP contribution in [0.4, 0.5) is 5.82 Å². The molecule has 0 aliphatic rings. The van der Waals surface area contributed by atoms with Crippen molar-refractivity contribution in [2.75, 3.05) is 5.73 Å². The molecule has 0 bridgehead atoms. The molecule has 0 saturated carbocycles. The van der Waals surface area contributed by atoms with Gasteiger partial charge in [-0.25, -0.2) is 0 Å². The summed E-state index contributed by atoms with van der Waals surface area (Å²) in [7, 11) is 0. The summed E-state index contributed by atoms with van der Waals surface area (Å²) in [4.78, 5) is 4.00. The van der Waals surface area contributed by atoms with Crippen molar-refractivity contribution in [2.24, 2.45) is 0 Å². The predicted octanol–water partition coefficient (Wildman–Crippen LogP) is 4.33. The van der Waals surface area contributed by atoms with Gasteiger partial charge in [0.1, 0.15) is 16.6 Å². The van der Waals surface area contributed by atoms with Gasteiger partial charge in [0.2, 0.25) is 5.88 Å². The third-order valence-electron chi connectivity index (χ3n) is 2.47. The van der Waals surface area contributed by atoms with Gasteiger partial charge in [-0.05, 0) is 30.2 Å². The molecule has 0 saturated heterocycles. The number of aryl methyl sites for hydroxylation is 1. The number of nitrogens with two attached hydrogens (primary N) is 1. The minimum Gasteiger partial charge on any atom is -0.437 e. The molecule has 2 N–H and O–H groups in total. The third kappa shape index (κ3) is 2.86. The van der Waals surface area contributed by atoms with Gasteiger partial charge in [-0.3, -0.25) is 0 Å². The summed E-state index contributed by atoms with van der Waals surface area (Å²) in [6, 6.07) is 9.22. The highest BCUT2D eigenvalue weighted by Crippen LogP contribution is 2.32. The van der Waals surface area contributed by atoms with Gasteiger partial charge in [0.15, 0.2) is 0 Å². The smallest absolute Gasteiger partial charge is 0.240 e. The van der Waals surface area contributed by atoms with E-state index in [0.29, 0.717) is 15.8 Å². The first-order valence-corrected chi connectivity index (χ1v) is 6.24. The highest BCUT2D eigenvalue weighted by molar-refractivity contribution is 6.36. The second-order valence-corrected chi connectivity index (χ2v) is 4.56. The standard InChI is InChI=1S/C13H12Cl2N2O/c1-2-8-3-5-9(6-4-8)18-13-11(15)7-10(14)12(16)17-13/h3-7H,2H2,1H3,(H2,16,17). The van der Waals surface area contributed by atoms with Crippen LogP contribution in [0.15, 0.2) is 30.3 Å². The van der Waals surface area contributed by atoms with Crippen LogP contribution in [-0.2, 0) is 6.42 Å². The molecule has 0 atom stereocenters. The molecule has 5 heteroatoms. The zero-order chi connectivity index (χ0) is 13.1. The Bertz CT molecular complexity index is 556. The van der Waals surface area contributed by atoms with Crippen LogP contribution >= 0.6 is 23.2 Å². The van der Waals surface area contributed by atoms with Crippen molar-refractivity contribution in [2.45, 2.75) is 13.3 Å². The number of nitrogens with zero attached hydrogens (tertiary/aromatic N) is 1. The van der Waals surface area contributed by atoms with E-state index >= 15 is 0 Å². The summed E-state index contributed by atoms with van der Waals surface area (Å²) in [5, 5.41) is 0.641. The Morgan fingerprint density at radius 3 is 2.44 bits per heavy atom. The van der Waals surface area contributed by atoms with Gasteiger partial charge in [-0.1, -0.05) is 42.3 Å². The van der Waals surface area contributed by atoms with Crippen molar-refractivity contribution in [3.8, 4) is 11.6 Å². The van der Waals surface area contributed by atoms with Crippen LogP contribution in [-0.4, -0.2) is 4.98 Å². The lowest BCUT2D eigenvalue weighted by atomic mass is 10.2. The number of halogens is 2. The second-order valence-electron chi connectivity index (χ2n) is 3.74. The molecule has 1 heterocycles. The molecule has 0 radical (unpaired) electrons. The Morgan fingerprint density at radius 2 is 1.83 bits per heavy atom. The Labute approximate surface area is 115 Å². The predicted molar refractivity (Wildman–Crippen MR) is 74.6 cm³/mol. The van der Waals surface area contributed by atoms with E-state index in [1.54, 1.807) is 0 Å². The highest BCUT2D eigenvalue weighted by Gasteiger charge is 2.09. The number of aromatic nitrogens is 1. The van der Waals surface area contributed by atoms with Crippen LogP contribution in [0.1, 0.15) is 12.5 Å². The first kappa shape index (κ1) is 13.0. The van der Waals surface area contributed by atoms with Crippen LogP contribution < -0.4 is 10.5 Å². The zero-order valence-electron chi connectivity index (χ0n) is 9.78. The normalized spacial score (nSPS) is 10.4. The molecule has 2 aromatic rings. The van der Waals surface area contributed by atoms with Gasteiger partial charge in [0, 0.05) is 0 Å². The molecular formula is C13H12Cl2N2O. The topological polar surface area (TPSA) is 48.1 Å². The number of hydrogen-bond donors (Lipinski definition) is 1. The maximum absolute atomic E-state index is 5.98. The SMILES string of the molecule is CCc1ccc(Oc2nc(N)c(Cl)cc2Cl)cc1. The Balaban J connectivity index is 2.25. The fourth-order valence-electron chi connectivity index (χ4n) is 1.44. The second kappa shape index (κ2) is 5.46. The number of pyridine rings is 1. The number of ether oxygens (including phenoxy) is 1. The van der Waals surface area contributed by atoms with Crippen molar-refractivity contribution in [3.63, 3.8) is 0 Å². The first-order chi connectivity index (χ1) is 8.60. The summed E-state index contributed by atoms with van der Waals surface area (Å²) < 4.78 is 5.56. The zero-order valence-corrected chi connectivity index (χ0v) is 11.3. The molecule has 18 heavy (non-hydrogen) atoms. The van der Waals surface area contributed by atoms with E-state index in [1.807, 2.05) is 24.3 Å². The van der Waals surface area contributed by atoms with E-state index in [9.17, 15) is 0 Å². The van der Waals surface area contributed by atoms with Gasteiger partial charge in [-0.15, -0.1) is 0 Å². The minimum atomic E-state index is 0.196. The number of hydrogen-bond acceptors (Lipinski definition) is 3. The van der Waals surface area contributed by atoms with Gasteiger partial charge < -0.3 is 10.5 Å². The molecule has 2 rings (SSSR count). The Kier molecular flexibility index (Phi) is 3.94. The number of nitrogen functional groups attached to an aromatic ring is 1. The molecule has 3 nitrogen and oxygen atoms in total. The third-order valence-corrected chi connectivity index (χ3v) is 3.04. The van der Waals surface area contributed by atoms with Crippen molar-refractivity contribution in [3.05, 3.63) is 45.9 Å². The molecule has 1 aromatic heterocycles. The maximum Gasteiger partial charge on any atom is 0.240 e. The van der Waals surface area contributed by atoms with E-state index in [0.717, 1.165) is 6.42 Å². The monoisotopic (exact) mass is 282 g/mol. The van der Waals surface area contributed by atoms with E-state index in [1.165, 1.54) is 11.6 Å². The summed E-state index contributed by atoms with van der Waals surface area (Å²) in [6.07, 6.45) is 0.979. The van der Waals surface area contributed by atoms with Crippen molar-refractivity contribution < 1.29 is 4.74 Å². The number of benzene rings is 1. The minimum absolute atomic E-state index is 0.196. The molecule has 0 amide bonds. The van der Waals surface area contributed by atoms with Crippen molar-refractivity contribution in [1.29, 1.82) is 0 Å². The van der Waals surface area contributed by atoms with Crippen LogP contribution in [0.5, 0.6) is 11.6 Å². The quantitative estimate of drug-likeness (QED) is 0.912. The van der Waals surface area contributed by atoms with Gasteiger partial charge in [0.25, 0.3) is 0 Å². The van der Waals surface area contributed by atoms with Crippen molar-refractivity contribution in [1.82, 2.24) is 4.98 Å². The maximum atomic E-state index is 5.98. The van der Waals surface area contributed by atoms with Crippen LogP contribution in [0.2, 0.25) is 10.0 Å². The fraction of sp³-hybridized carbons (Fsp3) is 0.154. The first-order valence-electron chi connectivity index (χ1n) is 5.48. The summed E-state index contributed by atoms with van der Waals surface area (Å²) in [6.45, 7) is 2.09. The molecule has 1 aromatic carbocycles. The fourth-order valence-corrected chi connectivity index (χ4v) is 1.84. The van der Waals surface area contributed by atoms with E-state index in [4.69, 9.17) is 33.7 Å². The van der Waals surface area contributed by atoms with E-state index < -0.39 is 0 Å². The molecule has 0 aliphatic carbocycles. The van der Waals surface area contributed by atoms with Gasteiger partial charge in [-0.2, -0.15) is 4.98 Å². The van der Waals surface area contributed by atoms with Gasteiger partial charge >= 0.3 is 0 Å². The Hall–Kier alpha value is -1.45. The summed E-state index contributed by atoms with van der Waals surface area (Å²) in [5.74, 6) is 1.10. The molecule has 94 valence electrons. The number of rotatable bonds is 3. The average molecular weight is 283 g/mol. The molecule has 0 spiro atoms. The highest BCUT2D eigenvalue weighted by atomic mass is 35.5. The van der Waals surface area contributed by atoms with Crippen LogP contribution in [0.25, 0.3) is 0 Å². The molecular weight excluding hydrogens is 271 g/mol. The van der Waals surface area contributed by atoms with Crippen LogP contribution in [0.3, 0.4) is 0 Å². The molecule has 0 aliphatic heterocycles. The lowest BCUT2D eigenvalue weighted by Crippen LogP contribution is -1.95. The molecule has 0 fully saturated rings.